The molecule has 0 bridgehead atoms. The first-order chi connectivity index (χ1) is 5.68. The standard InChI is InChI=1S/C6H2Cl2IN3/c7-5-4-3(2(9)1-10-4)11-6(8)12-5/h1H,(H,11,12). The molecule has 0 radical (unpaired) electrons. The fraction of sp³-hybridized carbons (Fsp3) is 0. The second kappa shape index (κ2) is 3.01. The van der Waals surface area contributed by atoms with Crippen LogP contribution in [0.3, 0.4) is 0 Å². The van der Waals surface area contributed by atoms with E-state index >= 15 is 0 Å². The molecule has 1 N–H and O–H groups in total. The van der Waals surface area contributed by atoms with E-state index in [0.29, 0.717) is 10.8 Å². The van der Waals surface area contributed by atoms with Crippen LogP contribution in [0.15, 0.2) is 6.20 Å². The first-order valence-corrected chi connectivity index (χ1v) is 4.87. The molecule has 0 aromatic rings. The number of hydrogen-bond donors (Lipinski definition) is 1. The van der Waals surface area contributed by atoms with Crippen LogP contribution in [-0.4, -0.2) is 15.0 Å². The highest BCUT2D eigenvalue weighted by Crippen LogP contribution is 2.30. The Morgan fingerprint density at radius 2 is 2.17 bits per heavy atom. The molecule has 0 saturated carbocycles. The van der Waals surface area contributed by atoms with Crippen LogP contribution in [0, 0.1) is 3.57 Å². The van der Waals surface area contributed by atoms with Crippen LogP contribution in [0.1, 0.15) is 0 Å². The smallest absolute Gasteiger partial charge is 0.201 e. The van der Waals surface area contributed by atoms with Gasteiger partial charge >= 0.3 is 0 Å². The van der Waals surface area contributed by atoms with Crippen LogP contribution < -0.4 is 0 Å². The molecule has 0 aromatic carbocycles. The number of aromatic nitrogens is 3. The van der Waals surface area contributed by atoms with Gasteiger partial charge in [0.1, 0.15) is 5.69 Å². The van der Waals surface area contributed by atoms with Crippen molar-refractivity contribution in [3.05, 3.63) is 20.2 Å². The maximum Gasteiger partial charge on any atom is 0.201 e. The lowest BCUT2D eigenvalue weighted by Crippen LogP contribution is -1.90. The van der Waals surface area contributed by atoms with E-state index in [-0.39, 0.29) is 5.28 Å². The van der Waals surface area contributed by atoms with Gasteiger partial charge in [-0.2, -0.15) is 0 Å². The second-order valence-corrected chi connectivity index (χ2v) is 4.03. The third-order valence-corrected chi connectivity index (χ3v) is 2.66. The number of H-pyrrole nitrogens is 1. The zero-order chi connectivity index (χ0) is 8.72. The monoisotopic (exact) mass is 313 g/mol. The molecule has 0 unspecified atom stereocenters. The van der Waals surface area contributed by atoms with Crippen molar-refractivity contribution in [3.63, 3.8) is 0 Å². The van der Waals surface area contributed by atoms with Crippen molar-refractivity contribution in [2.24, 2.45) is 0 Å². The van der Waals surface area contributed by atoms with Crippen LogP contribution >= 0.6 is 45.8 Å². The van der Waals surface area contributed by atoms with Crippen molar-refractivity contribution in [1.82, 2.24) is 15.0 Å². The van der Waals surface area contributed by atoms with E-state index in [1.807, 2.05) is 0 Å². The number of hydrogen-bond acceptors (Lipinski definition) is 2. The predicted octanol–water partition coefficient (Wildman–Crippen LogP) is 2.82. The molecule has 2 rings (SSSR count). The van der Waals surface area contributed by atoms with Gasteiger partial charge in [-0.3, -0.25) is 4.98 Å². The van der Waals surface area contributed by atoms with E-state index in [1.54, 1.807) is 6.20 Å². The van der Waals surface area contributed by atoms with E-state index in [1.165, 1.54) is 0 Å². The Morgan fingerprint density at radius 1 is 1.42 bits per heavy atom. The first kappa shape index (κ1) is 8.52. The molecule has 0 amide bonds. The zero-order valence-corrected chi connectivity index (χ0v) is 9.28. The number of halogens is 3. The van der Waals surface area contributed by atoms with Gasteiger partial charge in [0.2, 0.25) is 5.28 Å². The molecule has 12 heavy (non-hydrogen) atoms. The second-order valence-electron chi connectivity index (χ2n) is 2.15. The van der Waals surface area contributed by atoms with Crippen molar-refractivity contribution in [2.75, 3.05) is 0 Å². The van der Waals surface area contributed by atoms with Gasteiger partial charge < -0.3 is 4.98 Å². The first-order valence-electron chi connectivity index (χ1n) is 3.03. The van der Waals surface area contributed by atoms with Crippen molar-refractivity contribution in [2.45, 2.75) is 0 Å². The third kappa shape index (κ3) is 1.27. The number of nitrogens with zero attached hydrogens (tertiary/aromatic N) is 2. The number of nitrogens with one attached hydrogen (secondary N) is 1. The highest BCUT2D eigenvalue weighted by Gasteiger charge is 2.15. The van der Waals surface area contributed by atoms with E-state index in [2.05, 4.69) is 37.5 Å². The average molecular weight is 314 g/mol. The normalized spacial score (nSPS) is 10.9. The summed E-state index contributed by atoms with van der Waals surface area (Å²) < 4.78 is 0.980. The topological polar surface area (TPSA) is 41.6 Å². The van der Waals surface area contributed by atoms with Crippen LogP contribution in [0.2, 0.25) is 10.4 Å². The minimum Gasteiger partial charge on any atom is -0.328 e. The molecule has 3 nitrogen and oxygen atoms in total. The fourth-order valence-electron chi connectivity index (χ4n) is 0.909. The third-order valence-electron chi connectivity index (χ3n) is 1.40. The Balaban J connectivity index is 2.81. The summed E-state index contributed by atoms with van der Waals surface area (Å²) in [5.41, 5.74) is 1.49. The summed E-state index contributed by atoms with van der Waals surface area (Å²) in [6.45, 7) is 0. The molecule has 0 aliphatic carbocycles. The van der Waals surface area contributed by atoms with Gasteiger partial charge in [0.25, 0.3) is 0 Å². The quantitative estimate of drug-likeness (QED) is 0.461. The Kier molecular flexibility index (Phi) is 2.14. The van der Waals surface area contributed by atoms with Gasteiger partial charge in [0.15, 0.2) is 5.15 Å². The number of fused-ring (bicyclic) bond motifs is 1. The molecular weight excluding hydrogens is 312 g/mol. The molecular formula is C6H2Cl2IN3. The zero-order valence-electron chi connectivity index (χ0n) is 5.61. The summed E-state index contributed by atoms with van der Waals surface area (Å²) in [5, 5.41) is 0.607. The minimum absolute atomic E-state index is 0.276. The maximum absolute atomic E-state index is 5.79. The van der Waals surface area contributed by atoms with Crippen LogP contribution in [0.25, 0.3) is 11.4 Å². The summed E-state index contributed by atoms with van der Waals surface area (Å²) in [5.74, 6) is 0. The highest BCUT2D eigenvalue weighted by molar-refractivity contribution is 14.1. The van der Waals surface area contributed by atoms with Crippen LogP contribution in [-0.2, 0) is 0 Å². The lowest BCUT2D eigenvalue weighted by molar-refractivity contribution is 1.15. The molecule has 0 aromatic heterocycles. The number of rotatable bonds is 0. The van der Waals surface area contributed by atoms with Gasteiger partial charge in [-0.15, -0.1) is 0 Å². The average Bonchev–Trinajstić information content (AvgIpc) is 2.33. The maximum atomic E-state index is 5.79. The lowest BCUT2D eigenvalue weighted by atomic mass is 10.3. The Morgan fingerprint density at radius 3 is 2.92 bits per heavy atom. The lowest BCUT2D eigenvalue weighted by Gasteiger charge is -2.00. The molecule has 0 atom stereocenters. The molecule has 62 valence electrons. The molecule has 2 aliphatic rings. The Labute approximate surface area is 92.0 Å². The number of aromatic amines is 1. The van der Waals surface area contributed by atoms with Gasteiger partial charge in [0.05, 0.1) is 9.26 Å². The summed E-state index contributed by atoms with van der Waals surface area (Å²) >= 11 is 13.6. The van der Waals surface area contributed by atoms with Crippen LogP contribution in [0.4, 0.5) is 0 Å². The Bertz CT molecular complexity index is 400. The minimum atomic E-state index is 0.276. The van der Waals surface area contributed by atoms with E-state index in [0.717, 1.165) is 9.26 Å². The van der Waals surface area contributed by atoms with E-state index in [4.69, 9.17) is 23.2 Å². The van der Waals surface area contributed by atoms with Crippen LogP contribution in [0.5, 0.6) is 0 Å². The summed E-state index contributed by atoms with van der Waals surface area (Å²) in [4.78, 5) is 10.8. The van der Waals surface area contributed by atoms with Gasteiger partial charge in [0, 0.05) is 6.20 Å². The van der Waals surface area contributed by atoms with Gasteiger partial charge in [-0.1, -0.05) is 11.6 Å². The van der Waals surface area contributed by atoms with E-state index in [9.17, 15) is 0 Å². The van der Waals surface area contributed by atoms with Crippen molar-refractivity contribution >= 4 is 45.8 Å². The molecule has 0 saturated heterocycles. The van der Waals surface area contributed by atoms with Crippen molar-refractivity contribution in [1.29, 1.82) is 0 Å². The van der Waals surface area contributed by atoms with Crippen molar-refractivity contribution < 1.29 is 0 Å². The molecule has 2 heterocycles. The summed E-state index contributed by atoms with van der Waals surface area (Å²) in [7, 11) is 0. The molecule has 2 aliphatic heterocycles. The molecule has 6 heteroatoms. The molecule has 0 fully saturated rings. The summed E-state index contributed by atoms with van der Waals surface area (Å²) in [6, 6.07) is 0. The van der Waals surface area contributed by atoms with E-state index < -0.39 is 0 Å². The largest absolute Gasteiger partial charge is 0.328 e. The summed E-state index contributed by atoms with van der Waals surface area (Å²) in [6.07, 6.45) is 1.71. The SMILES string of the molecule is Clc1nc(Cl)c2ncc(I)c-2[nH]1. The predicted molar refractivity (Wildman–Crippen MR) is 55.7 cm³/mol. The Hall–Kier alpha value is -0.0700. The van der Waals surface area contributed by atoms with Gasteiger partial charge in [-0.05, 0) is 34.2 Å². The van der Waals surface area contributed by atoms with Gasteiger partial charge in [-0.25, -0.2) is 4.98 Å². The van der Waals surface area contributed by atoms with Crippen molar-refractivity contribution in [3.8, 4) is 11.4 Å². The highest BCUT2D eigenvalue weighted by atomic mass is 127. The molecule has 0 spiro atoms. The fourth-order valence-corrected chi connectivity index (χ4v) is 1.89.